The molecule has 0 spiro atoms. The van der Waals surface area contributed by atoms with E-state index in [0.29, 0.717) is 0 Å². The monoisotopic (exact) mass is 280 g/mol. The number of hydrogen-bond acceptors (Lipinski definition) is 6. The van der Waals surface area contributed by atoms with Crippen molar-refractivity contribution in [3.05, 3.63) is 0 Å². The van der Waals surface area contributed by atoms with Gasteiger partial charge in [0.15, 0.2) is 0 Å². The summed E-state index contributed by atoms with van der Waals surface area (Å²) in [6, 6.07) is 0. The van der Waals surface area contributed by atoms with Gasteiger partial charge >= 0.3 is 20.4 Å². The normalized spacial score (nSPS) is 0. The first kappa shape index (κ1) is 17200. The molecule has 88 valence electrons. The maximum Gasteiger partial charge on any atom is 2.00 e. The average molecular weight is 281 g/mol. The summed E-state index contributed by atoms with van der Waals surface area (Å²) >= 11 is 0. The molecule has 0 aromatic rings. The number of quaternary nitrogens is 4. The van der Waals surface area contributed by atoms with Crippen LogP contribution in [0.1, 0.15) is 0 Å². The molecule has 0 aromatic carbocycles. The van der Waals surface area contributed by atoms with Crippen LogP contribution in [0.4, 0.5) is 0 Å². The van der Waals surface area contributed by atoms with Crippen molar-refractivity contribution in [1.82, 2.24) is 24.6 Å². The summed E-state index contributed by atoms with van der Waals surface area (Å²) in [6.07, 6.45) is 0. The third-order valence-corrected chi connectivity index (χ3v) is 0. The van der Waals surface area contributed by atoms with E-state index in [4.69, 9.17) is 0 Å². The van der Waals surface area contributed by atoms with Crippen LogP contribution in [0.15, 0.2) is 0 Å². The minimum absolute atomic E-state index is 0. The second kappa shape index (κ2) is 12800. The molecule has 0 aromatic heterocycles. The van der Waals surface area contributed by atoms with Crippen LogP contribution in [0, 0.1) is 0 Å². The predicted molar refractivity (Wildman–Crippen MR) is 35.6 cm³/mol. The van der Waals surface area contributed by atoms with E-state index >= 15 is 0 Å². The fourth-order valence-corrected chi connectivity index (χ4v) is 0. The molecule has 0 unspecified atom stereocenters. The Balaban J connectivity index is 0. The minimum Gasteiger partial charge on any atom is -0.870 e. The van der Waals surface area contributed by atoms with E-state index in [1.807, 2.05) is 0 Å². The molecule has 0 heterocycles. The van der Waals surface area contributed by atoms with Crippen molar-refractivity contribution in [1.29, 1.82) is 0 Å². The molecule has 11 heavy (non-hydrogen) atoms. The average Bonchev–Trinajstić information content (AvgIpc) is 0. The van der Waals surface area contributed by atoms with Gasteiger partial charge in [0.05, 0.1) is 0 Å². The number of hydrogen-bond donors (Lipinski definition) is 4. The van der Waals surface area contributed by atoms with Crippen molar-refractivity contribution in [3.8, 4) is 0 Å². The van der Waals surface area contributed by atoms with Crippen LogP contribution < -0.4 is 24.6 Å². The second-order valence-electron chi connectivity index (χ2n) is 0. The van der Waals surface area contributed by atoms with Gasteiger partial charge in [-0.3, -0.25) is 0 Å². The van der Waals surface area contributed by atoms with E-state index in [0.717, 1.165) is 0 Å². The SMILES string of the molecule is [NH4+].[NH4+].[NH4+].[NH4+].[OH-].[OH-].[OH-].[OH-].[OH-].[OH-].[Pd+2]. The van der Waals surface area contributed by atoms with Crippen LogP contribution in [-0.4, -0.2) is 32.9 Å². The van der Waals surface area contributed by atoms with Gasteiger partial charge in [-0.2, -0.15) is 0 Å². The molecule has 0 atom stereocenters. The van der Waals surface area contributed by atoms with Crippen LogP contribution in [0.5, 0.6) is 0 Å². The summed E-state index contributed by atoms with van der Waals surface area (Å²) in [5.41, 5.74) is 0. The van der Waals surface area contributed by atoms with Crippen molar-refractivity contribution in [2.45, 2.75) is 0 Å². The summed E-state index contributed by atoms with van der Waals surface area (Å²) in [5, 5.41) is 0. The Labute approximate surface area is 78.6 Å². The summed E-state index contributed by atoms with van der Waals surface area (Å²) in [6.45, 7) is 0. The maximum absolute atomic E-state index is 0. The van der Waals surface area contributed by atoms with Gasteiger partial charge in [-0.15, -0.1) is 0 Å². The van der Waals surface area contributed by atoms with Crippen LogP contribution in [0.25, 0.3) is 0 Å². The summed E-state index contributed by atoms with van der Waals surface area (Å²) in [5.74, 6) is 0. The zero-order valence-electron chi connectivity index (χ0n) is 7.00. The van der Waals surface area contributed by atoms with Crippen LogP contribution in [0.2, 0.25) is 0 Å². The molecule has 0 fully saturated rings. The Hall–Kier alpha value is 0.262. The van der Waals surface area contributed by atoms with Gasteiger partial charge in [0, 0.05) is 0 Å². The molecule has 0 radical (unpaired) electrons. The van der Waals surface area contributed by atoms with Crippen LogP contribution >= 0.6 is 0 Å². The molecule has 0 aliphatic rings. The van der Waals surface area contributed by atoms with Gasteiger partial charge in [-0.1, -0.05) is 0 Å². The fourth-order valence-electron chi connectivity index (χ4n) is 0. The Morgan fingerprint density at radius 3 is 0.273 bits per heavy atom. The first-order valence-corrected chi connectivity index (χ1v) is 0. The molecule has 11 heteroatoms. The third-order valence-electron chi connectivity index (χ3n) is 0. The molecule has 0 rings (SSSR count). The fraction of sp³-hybridized carbons (Fsp3) is 0. The molecule has 22 N–H and O–H groups in total. The Kier molecular flexibility index (Phi) is 20000000. The van der Waals surface area contributed by atoms with Gasteiger partial charge in [0.25, 0.3) is 0 Å². The first-order chi connectivity index (χ1) is 0. The molecule has 10 nitrogen and oxygen atoms in total. The van der Waals surface area contributed by atoms with Crippen LogP contribution in [0.3, 0.4) is 0 Å². The van der Waals surface area contributed by atoms with Crippen LogP contribution in [-0.2, 0) is 20.4 Å². The van der Waals surface area contributed by atoms with E-state index in [2.05, 4.69) is 0 Å². The van der Waals surface area contributed by atoms with E-state index < -0.39 is 0 Å². The van der Waals surface area contributed by atoms with Crippen molar-refractivity contribution in [2.24, 2.45) is 0 Å². The molecule has 0 saturated heterocycles. The van der Waals surface area contributed by atoms with Gasteiger partial charge in [0.1, 0.15) is 0 Å². The molecule has 0 aliphatic carbocycles. The Morgan fingerprint density at radius 2 is 0.273 bits per heavy atom. The summed E-state index contributed by atoms with van der Waals surface area (Å²) in [4.78, 5) is 0. The van der Waals surface area contributed by atoms with E-state index in [1.54, 1.807) is 0 Å². The Bertz CT molecular complexity index is 14.5. The molecule has 0 bridgehead atoms. The van der Waals surface area contributed by atoms with Gasteiger partial charge in [-0.25, -0.2) is 0 Å². The molecule has 0 saturated carbocycles. The maximum atomic E-state index is 0. The second-order valence-corrected chi connectivity index (χ2v) is 0. The molecular formula is H22N4O6Pd. The smallest absolute Gasteiger partial charge is 0.870 e. The minimum atomic E-state index is 0. The van der Waals surface area contributed by atoms with Gasteiger partial charge < -0.3 is 57.5 Å². The standard InChI is InChI=1S/4H3N.6H2O.Pd/h4*1H3;6*1H2;/q;;;;;;;;;;+2/p-2. The van der Waals surface area contributed by atoms with E-state index in [-0.39, 0.29) is 77.9 Å². The topological polar surface area (TPSA) is 326 Å². The molecular weight excluding hydrogens is 258 g/mol. The molecule has 0 amide bonds. The van der Waals surface area contributed by atoms with Crippen molar-refractivity contribution in [3.63, 3.8) is 0 Å². The quantitative estimate of drug-likeness (QED) is 0.455. The van der Waals surface area contributed by atoms with Gasteiger partial charge in [0.2, 0.25) is 0 Å². The zero-order chi connectivity index (χ0) is 0. The first-order valence-electron chi connectivity index (χ1n) is 0. The van der Waals surface area contributed by atoms with Gasteiger partial charge in [-0.05, 0) is 0 Å². The van der Waals surface area contributed by atoms with Crippen molar-refractivity contribution < 1.29 is 53.3 Å². The van der Waals surface area contributed by atoms with Crippen molar-refractivity contribution in [2.75, 3.05) is 0 Å². The van der Waals surface area contributed by atoms with Crippen molar-refractivity contribution >= 4 is 0 Å². The summed E-state index contributed by atoms with van der Waals surface area (Å²) < 4.78 is 0. The predicted octanol–water partition coefficient (Wildman–Crippen LogP) is 0.441. The van der Waals surface area contributed by atoms with E-state index in [1.165, 1.54) is 0 Å². The third kappa shape index (κ3) is 10200. The number of rotatable bonds is 0. The Morgan fingerprint density at radius 1 is 0.273 bits per heavy atom. The molecule has 0 aliphatic heterocycles. The summed E-state index contributed by atoms with van der Waals surface area (Å²) in [7, 11) is 0. The largest absolute Gasteiger partial charge is 2.00 e. The van der Waals surface area contributed by atoms with E-state index in [9.17, 15) is 0 Å². The zero-order valence-corrected chi connectivity index (χ0v) is 8.55.